The molecule has 1 N–H and O–H groups in total. The summed E-state index contributed by atoms with van der Waals surface area (Å²) in [4.78, 5) is 41.9. The molecule has 134 valence electrons. The number of nitrogens with zero attached hydrogens (tertiary/aromatic N) is 3. The Kier molecular flexibility index (Phi) is 4.15. The quantitative estimate of drug-likeness (QED) is 0.656. The Hall–Kier alpha value is -2.81. The average Bonchev–Trinajstić information content (AvgIpc) is 3.41. The number of benzene rings is 1. The maximum absolute atomic E-state index is 12.6. The largest absolute Gasteiger partial charge is 0.333 e. The Balaban J connectivity index is 1.45. The van der Waals surface area contributed by atoms with E-state index in [1.807, 2.05) is 0 Å². The molecule has 1 aromatic carbocycles. The fourth-order valence-corrected chi connectivity index (χ4v) is 3.91. The summed E-state index contributed by atoms with van der Waals surface area (Å²) < 4.78 is 0. The molecule has 9 heteroatoms. The van der Waals surface area contributed by atoms with Gasteiger partial charge in [-0.25, -0.2) is 4.98 Å². The Morgan fingerprint density at radius 2 is 2.00 bits per heavy atom. The van der Waals surface area contributed by atoms with E-state index in [0.717, 1.165) is 23.4 Å². The zero-order chi connectivity index (χ0) is 18.3. The van der Waals surface area contributed by atoms with Crippen LogP contribution in [-0.2, 0) is 17.8 Å². The molecule has 1 saturated carbocycles. The number of amides is 2. The van der Waals surface area contributed by atoms with Crippen molar-refractivity contribution in [3.63, 3.8) is 0 Å². The van der Waals surface area contributed by atoms with Crippen LogP contribution in [0.5, 0.6) is 0 Å². The van der Waals surface area contributed by atoms with Gasteiger partial charge >= 0.3 is 0 Å². The van der Waals surface area contributed by atoms with Gasteiger partial charge in [-0.1, -0.05) is 11.3 Å². The fraction of sp³-hybridized carbons (Fsp3) is 0.353. The van der Waals surface area contributed by atoms with E-state index in [-0.39, 0.29) is 23.4 Å². The van der Waals surface area contributed by atoms with Crippen LogP contribution in [0.1, 0.15) is 33.8 Å². The Labute approximate surface area is 153 Å². The van der Waals surface area contributed by atoms with E-state index in [4.69, 9.17) is 0 Å². The van der Waals surface area contributed by atoms with Crippen molar-refractivity contribution >= 4 is 34.0 Å². The summed E-state index contributed by atoms with van der Waals surface area (Å²) in [6.07, 6.45) is 2.51. The summed E-state index contributed by atoms with van der Waals surface area (Å²) in [5.74, 6) is -0.0198. The summed E-state index contributed by atoms with van der Waals surface area (Å²) in [6, 6.07) is 5.62. The number of anilines is 1. The first-order chi connectivity index (χ1) is 12.5. The van der Waals surface area contributed by atoms with Gasteiger partial charge in [0.1, 0.15) is 0 Å². The van der Waals surface area contributed by atoms with Gasteiger partial charge in [0, 0.05) is 41.5 Å². The summed E-state index contributed by atoms with van der Waals surface area (Å²) in [5.41, 5.74) is 1.31. The lowest BCUT2D eigenvalue weighted by molar-refractivity contribution is -0.384. The number of carbonyl (C=O) groups is 2. The molecule has 2 heterocycles. The van der Waals surface area contributed by atoms with E-state index in [2.05, 4.69) is 10.3 Å². The molecule has 0 bridgehead atoms. The molecule has 2 aromatic rings. The van der Waals surface area contributed by atoms with Crippen molar-refractivity contribution in [1.29, 1.82) is 0 Å². The number of non-ortho nitro benzene ring substituents is 1. The van der Waals surface area contributed by atoms with Gasteiger partial charge in [-0.05, 0) is 25.0 Å². The fourth-order valence-electron chi connectivity index (χ4n) is 2.88. The zero-order valence-corrected chi connectivity index (χ0v) is 14.6. The second-order valence-corrected chi connectivity index (χ2v) is 7.52. The second-order valence-electron chi connectivity index (χ2n) is 6.43. The van der Waals surface area contributed by atoms with Crippen LogP contribution in [0.4, 0.5) is 10.8 Å². The molecule has 0 radical (unpaired) electrons. The number of nitrogens with one attached hydrogen (secondary N) is 1. The molecule has 2 aliphatic rings. The summed E-state index contributed by atoms with van der Waals surface area (Å²) in [5, 5.41) is 14.2. The second kappa shape index (κ2) is 6.49. The molecule has 1 fully saturated rings. The van der Waals surface area contributed by atoms with Crippen molar-refractivity contribution in [1.82, 2.24) is 9.88 Å². The number of thiazole rings is 1. The van der Waals surface area contributed by atoms with Crippen LogP contribution in [0.15, 0.2) is 24.3 Å². The van der Waals surface area contributed by atoms with Crippen LogP contribution < -0.4 is 5.32 Å². The van der Waals surface area contributed by atoms with Crippen LogP contribution in [-0.4, -0.2) is 33.2 Å². The molecule has 2 amide bonds. The van der Waals surface area contributed by atoms with Gasteiger partial charge in [-0.2, -0.15) is 0 Å². The third-order valence-electron chi connectivity index (χ3n) is 4.52. The molecule has 8 nitrogen and oxygen atoms in total. The van der Waals surface area contributed by atoms with Gasteiger partial charge in [0.25, 0.3) is 11.6 Å². The van der Waals surface area contributed by atoms with Crippen LogP contribution >= 0.6 is 11.3 Å². The van der Waals surface area contributed by atoms with Crippen LogP contribution in [0, 0.1) is 16.0 Å². The highest BCUT2D eigenvalue weighted by Crippen LogP contribution is 2.33. The smallest absolute Gasteiger partial charge is 0.269 e. The van der Waals surface area contributed by atoms with E-state index in [0.29, 0.717) is 30.2 Å². The lowest BCUT2D eigenvalue weighted by Gasteiger charge is -2.26. The Morgan fingerprint density at radius 3 is 2.65 bits per heavy atom. The molecular formula is C17H16N4O4S. The summed E-state index contributed by atoms with van der Waals surface area (Å²) in [7, 11) is 0. The number of hydrogen-bond acceptors (Lipinski definition) is 6. The third-order valence-corrected chi connectivity index (χ3v) is 5.52. The molecule has 0 saturated heterocycles. The monoisotopic (exact) mass is 372 g/mol. The van der Waals surface area contributed by atoms with Crippen LogP contribution in [0.25, 0.3) is 0 Å². The van der Waals surface area contributed by atoms with Crippen molar-refractivity contribution in [2.24, 2.45) is 5.92 Å². The minimum absolute atomic E-state index is 0.0231. The van der Waals surface area contributed by atoms with Crippen molar-refractivity contribution in [3.05, 3.63) is 50.5 Å². The minimum atomic E-state index is -0.490. The normalized spacial score (nSPS) is 16.1. The number of nitro groups is 1. The topological polar surface area (TPSA) is 105 Å². The molecule has 4 rings (SSSR count). The van der Waals surface area contributed by atoms with E-state index < -0.39 is 4.92 Å². The molecule has 0 atom stereocenters. The van der Waals surface area contributed by atoms with E-state index in [1.165, 1.54) is 35.6 Å². The predicted octanol–water partition coefficient (Wildman–Crippen LogP) is 2.60. The number of nitro benzene ring substituents is 1. The highest BCUT2D eigenvalue weighted by atomic mass is 32.1. The molecule has 26 heavy (non-hydrogen) atoms. The van der Waals surface area contributed by atoms with Gasteiger partial charge in [0.15, 0.2) is 5.13 Å². The Morgan fingerprint density at radius 1 is 1.27 bits per heavy atom. The summed E-state index contributed by atoms with van der Waals surface area (Å²) >= 11 is 1.41. The first-order valence-electron chi connectivity index (χ1n) is 8.34. The van der Waals surface area contributed by atoms with Gasteiger partial charge in [-0.15, -0.1) is 0 Å². The minimum Gasteiger partial charge on any atom is -0.333 e. The van der Waals surface area contributed by atoms with Crippen molar-refractivity contribution < 1.29 is 14.5 Å². The van der Waals surface area contributed by atoms with Gasteiger partial charge in [0.05, 0.1) is 17.2 Å². The molecular weight excluding hydrogens is 356 g/mol. The SMILES string of the molecule is O=C(Nc1nc2c(s1)CN(C(=O)c1ccc([N+](=O)[O-])cc1)CC2)C1CC1. The molecule has 1 aliphatic carbocycles. The molecule has 0 unspecified atom stereocenters. The van der Waals surface area contributed by atoms with E-state index in [9.17, 15) is 19.7 Å². The maximum Gasteiger partial charge on any atom is 0.269 e. The van der Waals surface area contributed by atoms with Crippen molar-refractivity contribution in [2.75, 3.05) is 11.9 Å². The van der Waals surface area contributed by atoms with E-state index >= 15 is 0 Å². The zero-order valence-electron chi connectivity index (χ0n) is 13.8. The first kappa shape index (κ1) is 16.6. The number of fused-ring (bicyclic) bond motifs is 1. The summed E-state index contributed by atoms with van der Waals surface area (Å²) in [6.45, 7) is 0.963. The van der Waals surface area contributed by atoms with Crippen molar-refractivity contribution in [2.45, 2.75) is 25.8 Å². The molecule has 1 aromatic heterocycles. The standard InChI is InChI=1S/C17H16N4O4S/c22-15(10-1-2-10)19-17-18-13-7-8-20(9-14(13)26-17)16(23)11-3-5-12(6-4-11)21(24)25/h3-6,10H,1-2,7-9H2,(H,18,19,22). The van der Waals surface area contributed by atoms with Crippen LogP contribution in [0.3, 0.4) is 0 Å². The predicted molar refractivity (Wildman–Crippen MR) is 95.0 cm³/mol. The number of rotatable bonds is 4. The maximum atomic E-state index is 12.6. The van der Waals surface area contributed by atoms with Crippen LogP contribution in [0.2, 0.25) is 0 Å². The number of aromatic nitrogens is 1. The van der Waals surface area contributed by atoms with Gasteiger partial charge in [0.2, 0.25) is 5.91 Å². The highest BCUT2D eigenvalue weighted by Gasteiger charge is 2.31. The molecule has 1 aliphatic heterocycles. The Bertz CT molecular complexity index is 889. The van der Waals surface area contributed by atoms with Gasteiger partial charge in [-0.3, -0.25) is 19.7 Å². The lowest BCUT2D eigenvalue weighted by Crippen LogP contribution is -2.35. The highest BCUT2D eigenvalue weighted by molar-refractivity contribution is 7.15. The lowest BCUT2D eigenvalue weighted by atomic mass is 10.1. The van der Waals surface area contributed by atoms with Crippen molar-refractivity contribution in [3.8, 4) is 0 Å². The van der Waals surface area contributed by atoms with Gasteiger partial charge < -0.3 is 10.2 Å². The third kappa shape index (κ3) is 3.30. The number of hydrogen-bond donors (Lipinski definition) is 1. The average molecular weight is 372 g/mol. The molecule has 0 spiro atoms. The number of carbonyl (C=O) groups excluding carboxylic acids is 2. The first-order valence-corrected chi connectivity index (χ1v) is 9.16. The van der Waals surface area contributed by atoms with E-state index in [1.54, 1.807) is 4.90 Å².